The molecule has 1 aromatic carbocycles. The zero-order valence-corrected chi connectivity index (χ0v) is 15.9. The number of esters is 2. The van der Waals surface area contributed by atoms with Crippen molar-refractivity contribution < 1.29 is 28.6 Å². The van der Waals surface area contributed by atoms with Crippen molar-refractivity contribution in [3.05, 3.63) is 52.3 Å². The van der Waals surface area contributed by atoms with E-state index in [1.54, 1.807) is 32.9 Å². The third-order valence-corrected chi connectivity index (χ3v) is 3.84. The van der Waals surface area contributed by atoms with Gasteiger partial charge in [0.15, 0.2) is 13.2 Å². The van der Waals surface area contributed by atoms with Gasteiger partial charge in [0.25, 0.3) is 0 Å². The van der Waals surface area contributed by atoms with Crippen LogP contribution in [0, 0.1) is 20.8 Å². The van der Waals surface area contributed by atoms with Gasteiger partial charge in [0, 0.05) is 11.4 Å². The zero-order chi connectivity index (χ0) is 20.0. The highest BCUT2D eigenvalue weighted by Gasteiger charge is 2.26. The quantitative estimate of drug-likeness (QED) is 0.565. The number of hydrogen-bond donors (Lipinski definition) is 1. The molecule has 144 valence electrons. The van der Waals surface area contributed by atoms with Crippen LogP contribution in [-0.2, 0) is 14.3 Å². The summed E-state index contributed by atoms with van der Waals surface area (Å²) >= 11 is 0. The summed E-state index contributed by atoms with van der Waals surface area (Å²) in [6.45, 7) is 6.34. The predicted octanol–water partition coefficient (Wildman–Crippen LogP) is 2.92. The first-order valence-corrected chi connectivity index (χ1v) is 8.58. The number of ether oxygens (including phenoxy) is 3. The van der Waals surface area contributed by atoms with Gasteiger partial charge in [0.05, 0.1) is 17.7 Å². The number of rotatable bonds is 8. The van der Waals surface area contributed by atoms with E-state index >= 15 is 0 Å². The Morgan fingerprint density at radius 1 is 0.963 bits per heavy atom. The Morgan fingerprint density at radius 2 is 1.67 bits per heavy atom. The molecule has 7 nitrogen and oxygen atoms in total. The number of ketones is 1. The molecule has 0 amide bonds. The van der Waals surface area contributed by atoms with Gasteiger partial charge in [-0.25, -0.2) is 9.59 Å². The third-order valence-electron chi connectivity index (χ3n) is 3.84. The van der Waals surface area contributed by atoms with Gasteiger partial charge in [0.2, 0.25) is 5.78 Å². The first-order valence-electron chi connectivity index (χ1n) is 8.58. The van der Waals surface area contributed by atoms with Crippen molar-refractivity contribution in [1.82, 2.24) is 4.98 Å². The Labute approximate surface area is 157 Å². The van der Waals surface area contributed by atoms with Gasteiger partial charge >= 0.3 is 11.9 Å². The molecule has 0 atom stereocenters. The van der Waals surface area contributed by atoms with Crippen molar-refractivity contribution in [2.75, 3.05) is 19.8 Å². The normalized spacial score (nSPS) is 10.4. The second-order valence-electron chi connectivity index (χ2n) is 6.03. The highest BCUT2D eigenvalue weighted by molar-refractivity contribution is 6.09. The molecule has 2 aromatic rings. The van der Waals surface area contributed by atoms with Crippen LogP contribution in [0.3, 0.4) is 0 Å². The predicted molar refractivity (Wildman–Crippen MR) is 98.2 cm³/mol. The van der Waals surface area contributed by atoms with E-state index in [1.165, 1.54) is 0 Å². The van der Waals surface area contributed by atoms with Gasteiger partial charge in [0.1, 0.15) is 5.75 Å². The molecule has 0 radical (unpaired) electrons. The van der Waals surface area contributed by atoms with Gasteiger partial charge in [-0.3, -0.25) is 4.79 Å². The number of carbonyl (C=O) groups is 3. The summed E-state index contributed by atoms with van der Waals surface area (Å²) in [7, 11) is 0. The number of Topliss-reactive ketones (excluding diaryl/α,β-unsaturated/α-hetero) is 1. The maximum Gasteiger partial charge on any atom is 0.344 e. The van der Waals surface area contributed by atoms with Crippen LogP contribution >= 0.6 is 0 Å². The van der Waals surface area contributed by atoms with E-state index in [0.29, 0.717) is 17.1 Å². The zero-order valence-electron chi connectivity index (χ0n) is 15.9. The van der Waals surface area contributed by atoms with E-state index < -0.39 is 24.3 Å². The molecule has 27 heavy (non-hydrogen) atoms. The molecule has 0 spiro atoms. The van der Waals surface area contributed by atoms with Crippen LogP contribution in [0.1, 0.15) is 44.6 Å². The topological polar surface area (TPSA) is 94.7 Å². The number of H-pyrrole nitrogens is 1. The number of aromatic amines is 1. The minimum absolute atomic E-state index is 0.173. The average Bonchev–Trinajstić information content (AvgIpc) is 2.92. The van der Waals surface area contributed by atoms with Crippen molar-refractivity contribution in [3.63, 3.8) is 0 Å². The van der Waals surface area contributed by atoms with Gasteiger partial charge in [-0.1, -0.05) is 12.1 Å². The maximum atomic E-state index is 12.5. The smallest absolute Gasteiger partial charge is 0.344 e. The van der Waals surface area contributed by atoms with E-state index in [4.69, 9.17) is 14.2 Å². The molecule has 2 rings (SSSR count). The largest absolute Gasteiger partial charge is 0.482 e. The Hall–Kier alpha value is -3.09. The minimum Gasteiger partial charge on any atom is -0.482 e. The van der Waals surface area contributed by atoms with Crippen LogP contribution in [0.15, 0.2) is 24.3 Å². The third kappa shape index (κ3) is 5.20. The minimum atomic E-state index is -0.674. The Kier molecular flexibility index (Phi) is 6.76. The number of hydrogen-bond acceptors (Lipinski definition) is 6. The van der Waals surface area contributed by atoms with Crippen LogP contribution < -0.4 is 4.74 Å². The summed E-state index contributed by atoms with van der Waals surface area (Å²) in [5.74, 6) is -1.20. The Bertz CT molecular complexity index is 852. The summed E-state index contributed by atoms with van der Waals surface area (Å²) < 4.78 is 15.3. The lowest BCUT2D eigenvalue weighted by molar-refractivity contribution is -0.144. The molecule has 7 heteroatoms. The summed E-state index contributed by atoms with van der Waals surface area (Å²) in [6.07, 6.45) is 0. The molecular weight excluding hydrogens is 350 g/mol. The monoisotopic (exact) mass is 373 g/mol. The first-order chi connectivity index (χ1) is 12.8. The highest BCUT2D eigenvalue weighted by atomic mass is 16.6. The SMILES string of the molecule is CCOC(=O)c1c(C)[nH]c(C)c1C(=O)COC(=O)COc1cccc(C)c1. The molecule has 1 aromatic heterocycles. The van der Waals surface area contributed by atoms with Crippen LogP contribution in [0.25, 0.3) is 0 Å². The standard InChI is InChI=1S/C20H23NO6/c1-5-25-20(24)19-14(4)21-13(3)18(19)16(22)10-27-17(23)11-26-15-8-6-7-12(2)9-15/h6-9,21H,5,10-11H2,1-4H3. The van der Waals surface area contributed by atoms with Crippen LogP contribution in [0.2, 0.25) is 0 Å². The molecule has 0 aliphatic rings. The molecule has 0 aliphatic heterocycles. The summed E-state index contributed by atoms with van der Waals surface area (Å²) in [6, 6.07) is 7.23. The Morgan fingerprint density at radius 3 is 2.33 bits per heavy atom. The number of aromatic nitrogens is 1. The van der Waals surface area contributed by atoms with Gasteiger partial charge in [-0.05, 0) is 45.4 Å². The Balaban J connectivity index is 1.97. The molecule has 0 unspecified atom stereocenters. The fourth-order valence-corrected chi connectivity index (χ4v) is 2.70. The second-order valence-corrected chi connectivity index (χ2v) is 6.03. The fraction of sp³-hybridized carbons (Fsp3) is 0.350. The van der Waals surface area contributed by atoms with Crippen molar-refractivity contribution in [1.29, 1.82) is 0 Å². The molecule has 1 N–H and O–H groups in total. The average molecular weight is 373 g/mol. The molecule has 0 fully saturated rings. The molecule has 1 heterocycles. The van der Waals surface area contributed by atoms with Gasteiger partial charge < -0.3 is 19.2 Å². The highest BCUT2D eigenvalue weighted by Crippen LogP contribution is 2.20. The van der Waals surface area contributed by atoms with Crippen molar-refractivity contribution in [2.45, 2.75) is 27.7 Å². The lowest BCUT2D eigenvalue weighted by Gasteiger charge is -2.08. The van der Waals surface area contributed by atoms with Gasteiger partial charge in [-0.15, -0.1) is 0 Å². The number of benzene rings is 1. The first kappa shape index (κ1) is 20.2. The van der Waals surface area contributed by atoms with E-state index in [2.05, 4.69) is 4.98 Å². The second kappa shape index (κ2) is 9.02. The lowest BCUT2D eigenvalue weighted by Crippen LogP contribution is -2.21. The number of carbonyl (C=O) groups excluding carboxylic acids is 3. The van der Waals surface area contributed by atoms with E-state index in [-0.39, 0.29) is 24.3 Å². The lowest BCUT2D eigenvalue weighted by atomic mass is 10.1. The van der Waals surface area contributed by atoms with Crippen molar-refractivity contribution in [3.8, 4) is 5.75 Å². The van der Waals surface area contributed by atoms with Gasteiger partial charge in [-0.2, -0.15) is 0 Å². The summed E-state index contributed by atoms with van der Waals surface area (Å²) in [4.78, 5) is 39.4. The van der Waals surface area contributed by atoms with E-state index in [0.717, 1.165) is 5.56 Å². The van der Waals surface area contributed by atoms with Crippen LogP contribution in [0.5, 0.6) is 5.75 Å². The van der Waals surface area contributed by atoms with Crippen LogP contribution in [-0.4, -0.2) is 42.5 Å². The van der Waals surface area contributed by atoms with E-state index in [1.807, 2.05) is 19.1 Å². The fourth-order valence-electron chi connectivity index (χ4n) is 2.70. The molecular formula is C20H23NO6. The maximum absolute atomic E-state index is 12.5. The van der Waals surface area contributed by atoms with Crippen molar-refractivity contribution >= 4 is 17.7 Å². The molecule has 0 aliphatic carbocycles. The number of aryl methyl sites for hydroxylation is 3. The van der Waals surface area contributed by atoms with E-state index in [9.17, 15) is 14.4 Å². The molecule has 0 saturated heterocycles. The summed E-state index contributed by atoms with van der Waals surface area (Å²) in [5, 5.41) is 0. The van der Waals surface area contributed by atoms with Crippen LogP contribution in [0.4, 0.5) is 0 Å². The van der Waals surface area contributed by atoms with Crippen molar-refractivity contribution in [2.24, 2.45) is 0 Å². The molecule has 0 saturated carbocycles. The summed E-state index contributed by atoms with van der Waals surface area (Å²) in [5.41, 5.74) is 2.40. The number of nitrogens with one attached hydrogen (secondary N) is 1. The molecule has 0 bridgehead atoms.